The molecule has 1 atom stereocenters. The molecule has 98 valence electrons. The second-order valence-electron chi connectivity index (χ2n) is 3.72. The molecule has 1 aromatic rings. The lowest BCUT2D eigenvalue weighted by Crippen LogP contribution is -2.42. The van der Waals surface area contributed by atoms with E-state index in [2.05, 4.69) is 5.32 Å². The average Bonchev–Trinajstić information content (AvgIpc) is 2.31. The molecule has 0 aliphatic heterocycles. The molecule has 0 fully saturated rings. The largest absolute Gasteiger partial charge is 0.490 e. The Bertz CT molecular complexity index is 437. The Morgan fingerprint density at radius 2 is 2.11 bits per heavy atom. The monoisotopic (exact) mass is 254 g/mol. The molecule has 0 aromatic heterocycles. The lowest BCUT2D eigenvalue weighted by Gasteiger charge is -2.10. The minimum Gasteiger partial charge on any atom is -0.490 e. The Kier molecular flexibility index (Phi) is 5.10. The Labute approximate surface area is 104 Å². The molecule has 1 aromatic carbocycles. The first-order chi connectivity index (χ1) is 8.50. The van der Waals surface area contributed by atoms with Crippen molar-refractivity contribution in [3.05, 3.63) is 30.1 Å². The highest BCUT2D eigenvalue weighted by Gasteiger charge is 2.12. The summed E-state index contributed by atoms with van der Waals surface area (Å²) >= 11 is 0. The minimum atomic E-state index is -0.731. The first kappa shape index (κ1) is 14.0. The molecule has 0 bridgehead atoms. The zero-order chi connectivity index (χ0) is 13.5. The van der Waals surface area contributed by atoms with Gasteiger partial charge in [-0.25, -0.2) is 4.39 Å². The lowest BCUT2D eigenvalue weighted by atomic mass is 10.3. The highest BCUT2D eigenvalue weighted by atomic mass is 19.1. The second-order valence-corrected chi connectivity index (χ2v) is 3.72. The minimum absolute atomic E-state index is 0.0198. The van der Waals surface area contributed by atoms with Crippen LogP contribution >= 0.6 is 0 Å². The van der Waals surface area contributed by atoms with Crippen LogP contribution in [0, 0.1) is 5.82 Å². The van der Waals surface area contributed by atoms with Gasteiger partial charge in [-0.1, -0.05) is 12.1 Å². The van der Waals surface area contributed by atoms with Crippen LogP contribution in [0.15, 0.2) is 24.3 Å². The fourth-order valence-corrected chi connectivity index (χ4v) is 1.20. The van der Waals surface area contributed by atoms with E-state index in [4.69, 9.17) is 10.5 Å². The van der Waals surface area contributed by atoms with Gasteiger partial charge in [0.1, 0.15) is 6.04 Å². The summed E-state index contributed by atoms with van der Waals surface area (Å²) in [5, 5.41) is 2.39. The number of carbonyl (C=O) groups is 2. The molecule has 3 N–H and O–H groups in total. The molecular formula is C12H15FN2O3. The van der Waals surface area contributed by atoms with Gasteiger partial charge in [-0.2, -0.15) is 0 Å². The zero-order valence-corrected chi connectivity index (χ0v) is 9.98. The number of nitrogens with one attached hydrogen (secondary N) is 1. The van der Waals surface area contributed by atoms with Gasteiger partial charge in [0.2, 0.25) is 11.8 Å². The molecule has 2 amide bonds. The number of carbonyl (C=O) groups excluding carboxylic acids is 2. The van der Waals surface area contributed by atoms with Gasteiger partial charge in [0.15, 0.2) is 11.6 Å². The topological polar surface area (TPSA) is 81.4 Å². The number of nitrogens with two attached hydrogens (primary N) is 1. The summed E-state index contributed by atoms with van der Waals surface area (Å²) in [6, 6.07) is 5.19. The van der Waals surface area contributed by atoms with Crippen LogP contribution in [-0.4, -0.2) is 24.5 Å². The summed E-state index contributed by atoms with van der Waals surface area (Å²) in [6.07, 6.45) is 0.0198. The molecule has 0 heterocycles. The molecular weight excluding hydrogens is 239 g/mol. The van der Waals surface area contributed by atoms with Gasteiger partial charge < -0.3 is 15.8 Å². The number of benzene rings is 1. The van der Waals surface area contributed by atoms with Crippen molar-refractivity contribution in [1.29, 1.82) is 0 Å². The van der Waals surface area contributed by atoms with Crippen LogP contribution < -0.4 is 15.8 Å². The molecule has 0 aliphatic carbocycles. The Balaban J connectivity index is 2.32. The molecule has 1 unspecified atom stereocenters. The van der Waals surface area contributed by atoms with Crippen molar-refractivity contribution >= 4 is 11.8 Å². The normalized spacial score (nSPS) is 11.7. The summed E-state index contributed by atoms with van der Waals surface area (Å²) < 4.78 is 18.2. The predicted molar refractivity (Wildman–Crippen MR) is 63.3 cm³/mol. The van der Waals surface area contributed by atoms with Crippen molar-refractivity contribution in [2.75, 3.05) is 6.61 Å². The zero-order valence-electron chi connectivity index (χ0n) is 9.98. The number of rotatable bonds is 6. The van der Waals surface area contributed by atoms with Crippen molar-refractivity contribution in [1.82, 2.24) is 5.32 Å². The highest BCUT2D eigenvalue weighted by Crippen LogP contribution is 2.15. The first-order valence-electron chi connectivity index (χ1n) is 5.46. The fraction of sp³-hybridized carbons (Fsp3) is 0.333. The number of amides is 2. The Morgan fingerprint density at radius 1 is 1.44 bits per heavy atom. The summed E-state index contributed by atoms with van der Waals surface area (Å²) in [4.78, 5) is 22.0. The number of primary amides is 1. The Morgan fingerprint density at radius 3 is 2.72 bits per heavy atom. The summed E-state index contributed by atoms with van der Waals surface area (Å²) in [6.45, 7) is 1.51. The van der Waals surface area contributed by atoms with Crippen LogP contribution in [0.25, 0.3) is 0 Å². The van der Waals surface area contributed by atoms with E-state index >= 15 is 0 Å². The molecule has 0 aliphatic rings. The smallest absolute Gasteiger partial charge is 0.239 e. The molecule has 0 spiro atoms. The van der Waals surface area contributed by atoms with Crippen molar-refractivity contribution in [3.8, 4) is 5.75 Å². The van der Waals surface area contributed by atoms with Crippen molar-refractivity contribution in [2.24, 2.45) is 5.73 Å². The van der Waals surface area contributed by atoms with Crippen LogP contribution in [0.2, 0.25) is 0 Å². The maximum absolute atomic E-state index is 13.1. The summed E-state index contributed by atoms with van der Waals surface area (Å²) in [5.41, 5.74) is 4.99. The van der Waals surface area contributed by atoms with Gasteiger partial charge in [-0.15, -0.1) is 0 Å². The van der Waals surface area contributed by atoms with Gasteiger partial charge in [0.05, 0.1) is 13.0 Å². The van der Waals surface area contributed by atoms with E-state index in [-0.39, 0.29) is 24.7 Å². The number of para-hydroxylation sites is 1. The third-order valence-corrected chi connectivity index (χ3v) is 2.23. The maximum Gasteiger partial charge on any atom is 0.239 e. The van der Waals surface area contributed by atoms with E-state index in [0.717, 1.165) is 0 Å². The first-order valence-corrected chi connectivity index (χ1v) is 5.46. The second kappa shape index (κ2) is 6.58. The maximum atomic E-state index is 13.1. The van der Waals surface area contributed by atoms with Crippen molar-refractivity contribution in [2.45, 2.75) is 19.4 Å². The molecule has 0 saturated carbocycles. The molecule has 5 nitrogen and oxygen atoms in total. The molecule has 0 radical (unpaired) electrons. The highest BCUT2D eigenvalue weighted by molar-refractivity contribution is 5.86. The van der Waals surface area contributed by atoms with Gasteiger partial charge in [0, 0.05) is 0 Å². The summed E-state index contributed by atoms with van der Waals surface area (Å²) in [5.74, 6) is -1.38. The molecule has 18 heavy (non-hydrogen) atoms. The molecule has 6 heteroatoms. The number of ether oxygens (including phenoxy) is 1. The van der Waals surface area contributed by atoms with Crippen LogP contribution in [0.3, 0.4) is 0 Å². The van der Waals surface area contributed by atoms with E-state index in [0.29, 0.717) is 0 Å². The number of hydrogen-bond acceptors (Lipinski definition) is 3. The molecule has 0 saturated heterocycles. The number of halogens is 1. The fourth-order valence-electron chi connectivity index (χ4n) is 1.20. The van der Waals surface area contributed by atoms with Gasteiger partial charge in [-0.05, 0) is 19.1 Å². The van der Waals surface area contributed by atoms with Crippen LogP contribution in [0.4, 0.5) is 4.39 Å². The third-order valence-electron chi connectivity index (χ3n) is 2.23. The summed E-state index contributed by atoms with van der Waals surface area (Å²) in [7, 11) is 0. The van der Waals surface area contributed by atoms with Crippen molar-refractivity contribution < 1.29 is 18.7 Å². The predicted octanol–water partition coefficient (Wildman–Crippen LogP) is 0.585. The quantitative estimate of drug-likeness (QED) is 0.779. The van der Waals surface area contributed by atoms with Crippen LogP contribution in [0.1, 0.15) is 13.3 Å². The van der Waals surface area contributed by atoms with E-state index in [1.807, 2.05) is 0 Å². The van der Waals surface area contributed by atoms with E-state index in [1.165, 1.54) is 19.1 Å². The average molecular weight is 254 g/mol. The van der Waals surface area contributed by atoms with Gasteiger partial charge in [-0.3, -0.25) is 9.59 Å². The van der Waals surface area contributed by atoms with E-state index in [1.54, 1.807) is 12.1 Å². The van der Waals surface area contributed by atoms with Crippen molar-refractivity contribution in [3.63, 3.8) is 0 Å². The van der Waals surface area contributed by atoms with Crippen LogP contribution in [0.5, 0.6) is 5.75 Å². The molecule has 1 rings (SSSR count). The van der Waals surface area contributed by atoms with Gasteiger partial charge in [0.25, 0.3) is 0 Å². The van der Waals surface area contributed by atoms with Gasteiger partial charge >= 0.3 is 0 Å². The lowest BCUT2D eigenvalue weighted by molar-refractivity contribution is -0.127. The number of hydrogen-bond donors (Lipinski definition) is 2. The standard InChI is InChI=1S/C12H15FN2O3/c1-8(12(14)17)15-11(16)6-7-18-10-5-3-2-4-9(10)13/h2-5,8H,6-7H2,1H3,(H2,14,17)(H,15,16). The van der Waals surface area contributed by atoms with Crippen LogP contribution in [-0.2, 0) is 9.59 Å². The van der Waals surface area contributed by atoms with E-state index in [9.17, 15) is 14.0 Å². The van der Waals surface area contributed by atoms with E-state index < -0.39 is 17.8 Å². The third kappa shape index (κ3) is 4.40. The SMILES string of the molecule is CC(NC(=O)CCOc1ccccc1F)C(N)=O. The Hall–Kier alpha value is -2.11.